The number of para-hydroxylation sites is 2. The van der Waals surface area contributed by atoms with Gasteiger partial charge >= 0.3 is 200 Å². The van der Waals surface area contributed by atoms with Gasteiger partial charge in [0, 0.05) is 0 Å². The molecular formula is C26H20Cl2N6Ti. The SMILES string of the molecule is Cc1cccc(-c2nc3ccc[c]([Ti+2][c]4cccc5nc(-c6cccc(C)n6)[nH]c45)c3[nH]2)n1.[Cl-].[Cl-]. The molecular weight excluding hydrogens is 515 g/mol. The zero-order valence-corrected chi connectivity index (χ0v) is 22.0. The Labute approximate surface area is 223 Å². The van der Waals surface area contributed by atoms with Crippen molar-refractivity contribution in [3.63, 3.8) is 0 Å². The van der Waals surface area contributed by atoms with Gasteiger partial charge in [-0.25, -0.2) is 0 Å². The number of fused-ring (bicyclic) bond motifs is 2. The van der Waals surface area contributed by atoms with Crippen molar-refractivity contribution in [2.75, 3.05) is 0 Å². The van der Waals surface area contributed by atoms with Gasteiger partial charge in [-0.3, -0.25) is 0 Å². The van der Waals surface area contributed by atoms with Crippen LogP contribution in [0.4, 0.5) is 0 Å². The van der Waals surface area contributed by atoms with E-state index >= 15 is 0 Å². The molecule has 35 heavy (non-hydrogen) atoms. The quantitative estimate of drug-likeness (QED) is 0.262. The van der Waals surface area contributed by atoms with E-state index in [1.165, 1.54) is 7.74 Å². The van der Waals surface area contributed by atoms with Crippen LogP contribution in [0.3, 0.4) is 0 Å². The van der Waals surface area contributed by atoms with Crippen molar-refractivity contribution in [2.45, 2.75) is 13.8 Å². The Morgan fingerprint density at radius 1 is 0.543 bits per heavy atom. The van der Waals surface area contributed by atoms with Gasteiger partial charge in [0.25, 0.3) is 0 Å². The molecule has 0 aliphatic rings. The minimum atomic E-state index is -0.654. The molecule has 172 valence electrons. The van der Waals surface area contributed by atoms with E-state index in [1.807, 2.05) is 50.2 Å². The van der Waals surface area contributed by atoms with Crippen LogP contribution in [-0.2, 0) is 19.2 Å². The molecule has 0 fully saturated rings. The van der Waals surface area contributed by atoms with Gasteiger partial charge in [-0.2, -0.15) is 0 Å². The minimum absolute atomic E-state index is 0. The van der Waals surface area contributed by atoms with E-state index in [-0.39, 0.29) is 24.8 Å². The molecule has 4 heterocycles. The molecule has 4 aromatic heterocycles. The second-order valence-electron chi connectivity index (χ2n) is 8.02. The first-order valence-corrected chi connectivity index (χ1v) is 12.3. The number of hydrogen-bond donors (Lipinski definition) is 2. The fraction of sp³-hybridized carbons (Fsp3) is 0.0769. The van der Waals surface area contributed by atoms with Gasteiger partial charge in [-0.1, -0.05) is 0 Å². The molecule has 2 N–H and O–H groups in total. The van der Waals surface area contributed by atoms with Crippen LogP contribution < -0.4 is 32.6 Å². The van der Waals surface area contributed by atoms with Gasteiger partial charge in [0.05, 0.1) is 0 Å². The van der Waals surface area contributed by atoms with Crippen LogP contribution in [0.15, 0.2) is 72.8 Å². The average molecular weight is 535 g/mol. The summed E-state index contributed by atoms with van der Waals surface area (Å²) in [6.45, 7) is 3.99. The number of halogens is 2. The van der Waals surface area contributed by atoms with Gasteiger partial charge in [0.15, 0.2) is 0 Å². The zero-order valence-electron chi connectivity index (χ0n) is 19.0. The first-order chi connectivity index (χ1) is 16.1. The molecule has 0 atom stereocenters. The van der Waals surface area contributed by atoms with Crippen LogP contribution in [0.25, 0.3) is 45.1 Å². The first-order valence-electron chi connectivity index (χ1n) is 10.8. The number of rotatable bonds is 4. The molecule has 0 saturated carbocycles. The number of aryl methyl sites for hydroxylation is 2. The van der Waals surface area contributed by atoms with Crippen molar-refractivity contribution in [2.24, 2.45) is 0 Å². The second-order valence-corrected chi connectivity index (χ2v) is 10.1. The largest absolute Gasteiger partial charge is 1.00 e. The molecule has 0 spiro atoms. The van der Waals surface area contributed by atoms with E-state index in [2.05, 4.69) is 56.3 Å². The normalized spacial score (nSPS) is 10.6. The predicted molar refractivity (Wildman–Crippen MR) is 127 cm³/mol. The van der Waals surface area contributed by atoms with Gasteiger partial charge in [-0.15, -0.1) is 0 Å². The van der Waals surface area contributed by atoms with Crippen molar-refractivity contribution in [1.82, 2.24) is 29.9 Å². The Morgan fingerprint density at radius 3 is 1.40 bits per heavy atom. The average Bonchev–Trinajstić information content (AvgIpc) is 3.45. The summed E-state index contributed by atoms with van der Waals surface area (Å²) in [5.74, 6) is 1.61. The Kier molecular flexibility index (Phi) is 7.38. The number of hydrogen-bond acceptors (Lipinski definition) is 4. The topological polar surface area (TPSA) is 83.1 Å². The number of imidazole rings is 2. The predicted octanol–water partition coefficient (Wildman–Crippen LogP) is -1.78. The van der Waals surface area contributed by atoms with Crippen molar-refractivity contribution in [3.05, 3.63) is 84.2 Å². The summed E-state index contributed by atoms with van der Waals surface area (Å²) in [5, 5.41) is 0. The fourth-order valence-electron chi connectivity index (χ4n) is 4.01. The summed E-state index contributed by atoms with van der Waals surface area (Å²) < 4.78 is 2.60. The molecule has 9 heteroatoms. The van der Waals surface area contributed by atoms with Crippen LogP contribution in [0.5, 0.6) is 0 Å². The molecule has 6 nitrogen and oxygen atoms in total. The standard InChI is InChI=1S/2C13H10N3.2ClH.Ti/c2*1-9-5-4-8-12(14-9)13-15-10-6-2-3-7-11(10)16-13;;;/h2*2-6,8H,1H3,(H,15,16);2*1H;/q;;;;+2/p-2. The van der Waals surface area contributed by atoms with E-state index < -0.39 is 19.2 Å². The third-order valence-electron chi connectivity index (χ3n) is 5.57. The smallest absolute Gasteiger partial charge is 1.00 e. The molecule has 2 aromatic carbocycles. The number of benzene rings is 2. The number of nitrogens with one attached hydrogen (secondary N) is 2. The summed E-state index contributed by atoms with van der Waals surface area (Å²) >= 11 is -0.654. The maximum atomic E-state index is 4.81. The third kappa shape index (κ3) is 4.88. The van der Waals surface area contributed by atoms with Gasteiger partial charge in [-0.05, 0) is 0 Å². The monoisotopic (exact) mass is 534 g/mol. The van der Waals surface area contributed by atoms with Crippen molar-refractivity contribution in [1.29, 1.82) is 0 Å². The molecule has 0 amide bonds. The van der Waals surface area contributed by atoms with E-state index in [9.17, 15) is 0 Å². The molecule has 0 radical (unpaired) electrons. The molecule has 0 aliphatic heterocycles. The maximum absolute atomic E-state index is 4.81. The molecule has 6 aromatic rings. The van der Waals surface area contributed by atoms with E-state index in [1.54, 1.807) is 0 Å². The van der Waals surface area contributed by atoms with E-state index in [0.717, 1.165) is 56.5 Å². The number of aromatic nitrogens is 6. The number of aromatic amines is 2. The molecule has 6 rings (SSSR count). The van der Waals surface area contributed by atoms with Crippen LogP contribution in [0.2, 0.25) is 0 Å². The number of nitrogens with zero attached hydrogens (tertiary/aromatic N) is 4. The summed E-state index contributed by atoms with van der Waals surface area (Å²) in [5.41, 5.74) is 7.80. The Balaban J connectivity index is 0.00000144. The van der Waals surface area contributed by atoms with E-state index in [0.29, 0.717) is 0 Å². The fourth-order valence-corrected chi connectivity index (χ4v) is 6.01. The summed E-state index contributed by atoms with van der Waals surface area (Å²) in [7, 11) is 0. The summed E-state index contributed by atoms with van der Waals surface area (Å²) in [4.78, 5) is 26.0. The van der Waals surface area contributed by atoms with Gasteiger partial charge in [0.1, 0.15) is 0 Å². The number of H-pyrrole nitrogens is 2. The van der Waals surface area contributed by atoms with Crippen LogP contribution in [-0.4, -0.2) is 29.9 Å². The van der Waals surface area contributed by atoms with Crippen molar-refractivity contribution >= 4 is 29.8 Å². The second kappa shape index (κ2) is 10.3. The Bertz CT molecular complexity index is 1520. The van der Waals surface area contributed by atoms with Crippen LogP contribution in [0, 0.1) is 13.8 Å². The molecule has 0 bridgehead atoms. The van der Waals surface area contributed by atoms with Gasteiger partial charge < -0.3 is 24.8 Å². The van der Waals surface area contributed by atoms with Crippen LogP contribution >= 0.6 is 0 Å². The third-order valence-corrected chi connectivity index (χ3v) is 7.71. The maximum Gasteiger partial charge on any atom is -1.00 e. The summed E-state index contributed by atoms with van der Waals surface area (Å²) in [6.07, 6.45) is 0. The minimum Gasteiger partial charge on any atom is -1.00 e. The van der Waals surface area contributed by atoms with E-state index in [4.69, 9.17) is 9.97 Å². The van der Waals surface area contributed by atoms with Gasteiger partial charge in [0.2, 0.25) is 0 Å². The molecule has 0 unspecified atom stereocenters. The molecule has 0 aliphatic carbocycles. The summed E-state index contributed by atoms with van der Waals surface area (Å²) in [6, 6.07) is 24.7. The van der Waals surface area contributed by atoms with Crippen LogP contribution in [0.1, 0.15) is 11.4 Å². The zero-order chi connectivity index (χ0) is 22.4. The Hall–Kier alpha value is -3.03. The van der Waals surface area contributed by atoms with Crippen molar-refractivity contribution < 1.29 is 44.0 Å². The Morgan fingerprint density at radius 2 is 0.971 bits per heavy atom. The van der Waals surface area contributed by atoms with Crippen molar-refractivity contribution in [3.8, 4) is 23.0 Å². The first kappa shape index (κ1) is 25.1. The molecule has 0 saturated heterocycles. The number of pyridine rings is 2.